The Bertz CT molecular complexity index is 1140. The molecule has 3 nitrogen and oxygen atoms in total. The molecule has 2 aromatic rings. The summed E-state index contributed by atoms with van der Waals surface area (Å²) in [6.07, 6.45) is 16.4. The molecule has 0 atom stereocenters. The molecule has 210 valence electrons. The van der Waals surface area contributed by atoms with E-state index in [4.69, 9.17) is 12.3 Å². The first-order chi connectivity index (χ1) is 18.9. The van der Waals surface area contributed by atoms with Crippen LogP contribution < -0.4 is 10.6 Å². The average Bonchev–Trinajstić information content (AvgIpc) is 2.96. The van der Waals surface area contributed by atoms with Crippen LogP contribution in [0, 0.1) is 18.8 Å². The van der Waals surface area contributed by atoms with Gasteiger partial charge in [-0.1, -0.05) is 63.1 Å². The van der Waals surface area contributed by atoms with Gasteiger partial charge in [0, 0.05) is 42.0 Å². The van der Waals surface area contributed by atoms with Gasteiger partial charge in [-0.25, -0.2) is 0 Å². The largest absolute Gasteiger partial charge is 0.404 e. The van der Waals surface area contributed by atoms with Crippen LogP contribution in [0.4, 0.5) is 5.69 Å². The molecule has 4 rings (SSSR count). The second-order valence-corrected chi connectivity index (χ2v) is 12.2. The summed E-state index contributed by atoms with van der Waals surface area (Å²) in [5.74, 6) is 1.97. The van der Waals surface area contributed by atoms with Gasteiger partial charge in [0.1, 0.15) is 0 Å². The van der Waals surface area contributed by atoms with Crippen molar-refractivity contribution in [2.45, 2.75) is 104 Å². The summed E-state index contributed by atoms with van der Waals surface area (Å²) < 4.78 is 0. The van der Waals surface area contributed by atoms with E-state index >= 15 is 0 Å². The lowest BCUT2D eigenvalue weighted by atomic mass is 9.77. The normalized spacial score (nSPS) is 21.0. The number of rotatable bonds is 10. The molecule has 2 aliphatic carbocycles. The van der Waals surface area contributed by atoms with Crippen LogP contribution in [-0.2, 0) is 6.42 Å². The highest BCUT2D eigenvalue weighted by molar-refractivity contribution is 6.09. The van der Waals surface area contributed by atoms with Gasteiger partial charge in [0.05, 0.1) is 0 Å². The Kier molecular flexibility index (Phi) is 10.5. The third-order valence-corrected chi connectivity index (χ3v) is 9.11. The first-order valence-electron chi connectivity index (χ1n) is 15.5. The fourth-order valence-electron chi connectivity index (χ4n) is 6.65. The van der Waals surface area contributed by atoms with Crippen LogP contribution in [0.25, 0.3) is 5.57 Å². The summed E-state index contributed by atoms with van der Waals surface area (Å²) in [6, 6.07) is 16.3. The molecule has 0 unspecified atom stereocenters. The molecule has 0 heterocycles. The molecule has 0 spiro atoms. The van der Waals surface area contributed by atoms with Gasteiger partial charge in [0.2, 0.25) is 0 Å². The maximum atomic E-state index is 6.05. The number of aliphatic imine (C=N–C) groups is 1. The third kappa shape index (κ3) is 7.65. The highest BCUT2D eigenvalue weighted by atomic mass is 15.1. The zero-order valence-corrected chi connectivity index (χ0v) is 25.0. The van der Waals surface area contributed by atoms with Crippen molar-refractivity contribution in [3.05, 3.63) is 83.2 Å². The quantitative estimate of drug-likeness (QED) is 0.314. The van der Waals surface area contributed by atoms with E-state index in [0.29, 0.717) is 17.8 Å². The molecular formula is C36H51N3. The first-order valence-corrected chi connectivity index (χ1v) is 15.5. The Balaban J connectivity index is 1.52. The summed E-state index contributed by atoms with van der Waals surface area (Å²) in [5, 5.41) is 0. The topological polar surface area (TPSA) is 41.6 Å². The molecule has 2 fully saturated rings. The van der Waals surface area contributed by atoms with Gasteiger partial charge in [0.15, 0.2) is 0 Å². The third-order valence-electron chi connectivity index (χ3n) is 9.11. The number of aryl methyl sites for hydroxylation is 2. The molecule has 0 saturated heterocycles. The highest BCUT2D eigenvalue weighted by Crippen LogP contribution is 2.39. The number of nitrogens with two attached hydrogens (primary N) is 1. The van der Waals surface area contributed by atoms with Crippen molar-refractivity contribution in [1.29, 1.82) is 0 Å². The minimum Gasteiger partial charge on any atom is -0.404 e. The predicted molar refractivity (Wildman–Crippen MR) is 171 cm³/mol. The van der Waals surface area contributed by atoms with E-state index in [-0.39, 0.29) is 6.04 Å². The molecule has 0 aromatic heterocycles. The lowest BCUT2D eigenvalue weighted by Gasteiger charge is -2.38. The van der Waals surface area contributed by atoms with Crippen LogP contribution in [0.15, 0.2) is 65.9 Å². The summed E-state index contributed by atoms with van der Waals surface area (Å²) in [5.41, 5.74) is 15.2. The minimum atomic E-state index is 0.245. The molecule has 2 aromatic carbocycles. The number of benzene rings is 2. The lowest BCUT2D eigenvalue weighted by molar-refractivity contribution is 0.323. The van der Waals surface area contributed by atoms with Crippen LogP contribution >= 0.6 is 0 Å². The maximum Gasteiger partial charge on any atom is 0.0443 e. The zero-order valence-electron chi connectivity index (χ0n) is 25.0. The van der Waals surface area contributed by atoms with E-state index in [9.17, 15) is 0 Å². The zero-order chi connectivity index (χ0) is 27.8. The van der Waals surface area contributed by atoms with Crippen molar-refractivity contribution in [3.63, 3.8) is 0 Å². The molecule has 2 saturated carbocycles. The standard InChI is InChI=1S/C36H51N3/c1-6-30-19-20-34(21-27(30)4)32-17-15-29(16-18-32)25-39(28(5)31-11-8-7-9-12-31)36-14-10-13-33(22-36)35(23-37)24-38-26(2)3/h10,13-14,19-24,26,29,31-32H,5-9,11-12,15-18,25,37H2,1-4H3/b35-23+,38-24?. The van der Waals surface area contributed by atoms with Gasteiger partial charge in [-0.2, -0.15) is 0 Å². The predicted octanol–water partition coefficient (Wildman–Crippen LogP) is 9.21. The van der Waals surface area contributed by atoms with Gasteiger partial charge < -0.3 is 10.6 Å². The van der Waals surface area contributed by atoms with Gasteiger partial charge in [-0.3, -0.25) is 4.99 Å². The number of hydrogen-bond donors (Lipinski definition) is 1. The van der Waals surface area contributed by atoms with Crippen LogP contribution in [0.3, 0.4) is 0 Å². The van der Waals surface area contributed by atoms with Crippen molar-refractivity contribution < 1.29 is 0 Å². The van der Waals surface area contributed by atoms with Gasteiger partial charge >= 0.3 is 0 Å². The summed E-state index contributed by atoms with van der Waals surface area (Å²) in [7, 11) is 0. The Hall–Kier alpha value is -2.81. The van der Waals surface area contributed by atoms with Crippen molar-refractivity contribution >= 4 is 17.5 Å². The van der Waals surface area contributed by atoms with Gasteiger partial charge in [-0.15, -0.1) is 0 Å². The molecule has 39 heavy (non-hydrogen) atoms. The van der Waals surface area contributed by atoms with Gasteiger partial charge in [0.25, 0.3) is 0 Å². The van der Waals surface area contributed by atoms with Crippen LogP contribution in [0.1, 0.15) is 107 Å². The molecule has 0 bridgehead atoms. The number of anilines is 1. The van der Waals surface area contributed by atoms with Crippen molar-refractivity contribution in [1.82, 2.24) is 0 Å². The second kappa shape index (κ2) is 14.0. The van der Waals surface area contributed by atoms with Crippen LogP contribution in [0.5, 0.6) is 0 Å². The molecule has 2 N–H and O–H groups in total. The monoisotopic (exact) mass is 525 g/mol. The van der Waals surface area contributed by atoms with E-state index in [1.165, 1.54) is 80.3 Å². The Labute approximate surface area is 238 Å². The highest BCUT2D eigenvalue weighted by Gasteiger charge is 2.28. The number of hydrogen-bond acceptors (Lipinski definition) is 3. The Morgan fingerprint density at radius 2 is 1.77 bits per heavy atom. The number of allylic oxidation sites excluding steroid dienone is 2. The number of nitrogens with zero attached hydrogens (tertiary/aromatic N) is 2. The average molecular weight is 526 g/mol. The fraction of sp³-hybridized carbons (Fsp3) is 0.528. The van der Waals surface area contributed by atoms with Crippen LogP contribution in [0.2, 0.25) is 0 Å². The molecule has 3 heteroatoms. The Morgan fingerprint density at radius 1 is 1.03 bits per heavy atom. The first kappa shape index (κ1) is 29.2. The van der Waals surface area contributed by atoms with E-state index in [2.05, 4.69) is 80.1 Å². The SMILES string of the molecule is C=C(C1CCCCC1)N(CC1CCC(c2ccc(CC)c(C)c2)CC1)c1cccc(/C(C=NC(C)C)=C/N)c1. The van der Waals surface area contributed by atoms with Crippen molar-refractivity contribution in [3.8, 4) is 0 Å². The van der Waals surface area contributed by atoms with Crippen molar-refractivity contribution in [2.75, 3.05) is 11.4 Å². The van der Waals surface area contributed by atoms with E-state index in [1.54, 1.807) is 11.8 Å². The summed E-state index contributed by atoms with van der Waals surface area (Å²) >= 11 is 0. The molecule has 2 aliphatic rings. The molecule has 0 radical (unpaired) electrons. The smallest absolute Gasteiger partial charge is 0.0443 e. The molecule has 0 aliphatic heterocycles. The fourth-order valence-corrected chi connectivity index (χ4v) is 6.65. The molecule has 0 amide bonds. The maximum absolute atomic E-state index is 6.05. The minimum absolute atomic E-state index is 0.245. The lowest BCUT2D eigenvalue weighted by Crippen LogP contribution is -2.34. The summed E-state index contributed by atoms with van der Waals surface area (Å²) in [6.45, 7) is 14.5. The van der Waals surface area contributed by atoms with Crippen molar-refractivity contribution in [2.24, 2.45) is 22.6 Å². The molecular weight excluding hydrogens is 474 g/mol. The van der Waals surface area contributed by atoms with E-state index in [1.807, 2.05) is 6.21 Å². The van der Waals surface area contributed by atoms with Crippen LogP contribution in [-0.4, -0.2) is 18.8 Å². The van der Waals surface area contributed by atoms with E-state index < -0.39 is 0 Å². The Morgan fingerprint density at radius 3 is 2.41 bits per heavy atom. The van der Waals surface area contributed by atoms with E-state index in [0.717, 1.165) is 24.1 Å². The van der Waals surface area contributed by atoms with Gasteiger partial charge in [-0.05, 0) is 118 Å². The summed E-state index contributed by atoms with van der Waals surface area (Å²) in [4.78, 5) is 7.16. The second-order valence-electron chi connectivity index (χ2n) is 12.2.